The van der Waals surface area contributed by atoms with E-state index in [0.717, 1.165) is 19.7 Å². The van der Waals surface area contributed by atoms with Gasteiger partial charge in [-0.25, -0.2) is 0 Å². The fourth-order valence-electron chi connectivity index (χ4n) is 2.81. The first kappa shape index (κ1) is 25.9. The molecule has 0 spiro atoms. The molecular weight excluding hydrogens is 590 g/mol. The first-order valence-electron chi connectivity index (χ1n) is 10.00. The lowest BCUT2D eigenvalue weighted by molar-refractivity contribution is -0.123. The number of methoxy groups -OCH3 is 1. The van der Waals surface area contributed by atoms with Gasteiger partial charge in [0.25, 0.3) is 11.8 Å². The first-order valence-corrected chi connectivity index (χ1v) is 12.0. The normalized spacial score (nSPS) is 10.4. The van der Waals surface area contributed by atoms with E-state index in [0.29, 0.717) is 30.3 Å². The van der Waals surface area contributed by atoms with Crippen molar-refractivity contribution < 1.29 is 23.8 Å². The van der Waals surface area contributed by atoms with E-state index >= 15 is 0 Å². The summed E-state index contributed by atoms with van der Waals surface area (Å²) in [5.41, 5.74) is 5.25. The van der Waals surface area contributed by atoms with Crippen LogP contribution in [0.5, 0.6) is 11.5 Å². The van der Waals surface area contributed by atoms with Crippen molar-refractivity contribution in [2.75, 3.05) is 26.9 Å². The third-order valence-electron chi connectivity index (χ3n) is 4.45. The summed E-state index contributed by atoms with van der Waals surface area (Å²) in [5, 5.41) is 4.40. The number of carbonyl (C=O) groups excluding carboxylic acids is 2. The Labute approximate surface area is 218 Å². The Morgan fingerprint density at radius 1 is 0.941 bits per heavy atom. The number of hydrogen-bond donors (Lipinski definition) is 3. The summed E-state index contributed by atoms with van der Waals surface area (Å²) in [6.07, 6.45) is 0. The second kappa shape index (κ2) is 12.7. The van der Waals surface area contributed by atoms with Crippen molar-refractivity contribution in [2.24, 2.45) is 0 Å². The van der Waals surface area contributed by atoms with Crippen LogP contribution in [-0.4, -0.2) is 43.9 Å². The highest BCUT2D eigenvalue weighted by Crippen LogP contribution is 2.34. The molecule has 0 atom stereocenters. The van der Waals surface area contributed by atoms with Gasteiger partial charge in [0, 0.05) is 17.1 Å². The van der Waals surface area contributed by atoms with Crippen LogP contribution in [-0.2, 0) is 9.53 Å². The van der Waals surface area contributed by atoms with Crippen LogP contribution in [0.15, 0.2) is 63.5 Å². The van der Waals surface area contributed by atoms with E-state index in [9.17, 15) is 9.59 Å². The summed E-state index contributed by atoms with van der Waals surface area (Å²) in [7, 11) is 1.59. The van der Waals surface area contributed by atoms with Crippen molar-refractivity contribution in [1.82, 2.24) is 16.2 Å². The molecule has 34 heavy (non-hydrogen) atoms. The average molecular weight is 611 g/mol. The Balaban J connectivity index is 1.43. The second-order valence-corrected chi connectivity index (χ2v) is 8.97. The van der Waals surface area contributed by atoms with Crippen LogP contribution in [0.1, 0.15) is 10.4 Å². The summed E-state index contributed by atoms with van der Waals surface area (Å²) in [6, 6.07) is 16.1. The lowest BCUT2D eigenvalue weighted by atomic mass is 10.1. The quantitative estimate of drug-likeness (QED) is 0.201. The van der Waals surface area contributed by atoms with Crippen LogP contribution in [0.2, 0.25) is 0 Å². The van der Waals surface area contributed by atoms with Gasteiger partial charge in [0.2, 0.25) is 0 Å². The van der Waals surface area contributed by atoms with Gasteiger partial charge in [-0.2, -0.15) is 0 Å². The summed E-state index contributed by atoms with van der Waals surface area (Å²) >= 11 is 12.0. The lowest BCUT2D eigenvalue weighted by Gasteiger charge is -2.13. The Hall–Kier alpha value is -2.73. The third-order valence-corrected chi connectivity index (χ3v) is 5.97. The van der Waals surface area contributed by atoms with Crippen molar-refractivity contribution in [3.8, 4) is 11.5 Å². The maximum absolute atomic E-state index is 12.3. The van der Waals surface area contributed by atoms with Crippen LogP contribution < -0.4 is 25.6 Å². The molecule has 11 heteroatoms. The molecule has 0 fully saturated rings. The smallest absolute Gasteiger partial charge is 0.276 e. The standard InChI is InChI=1S/C23H21Br2N3O5S/c1-31-10-11-32-17-6-2-14(3-7-17)22(30)26-23(34)28-27-20(29)13-33-19-9-4-15-12-16(24)5-8-18(15)21(19)25/h2-9,12H,10-11,13H2,1H3,(H,27,29)(H2,26,28,30,34). The Morgan fingerprint density at radius 2 is 1.71 bits per heavy atom. The molecule has 0 aliphatic carbocycles. The number of hydrogen-bond acceptors (Lipinski definition) is 6. The van der Waals surface area contributed by atoms with Gasteiger partial charge < -0.3 is 14.2 Å². The van der Waals surface area contributed by atoms with Crippen molar-refractivity contribution in [3.05, 3.63) is 69.1 Å². The second-order valence-electron chi connectivity index (χ2n) is 6.85. The average Bonchev–Trinajstić information content (AvgIpc) is 2.83. The molecule has 8 nitrogen and oxygen atoms in total. The first-order chi connectivity index (χ1) is 16.4. The molecule has 3 aromatic rings. The molecule has 0 aliphatic heterocycles. The molecule has 0 saturated carbocycles. The maximum atomic E-state index is 12.3. The third kappa shape index (κ3) is 7.39. The van der Waals surface area contributed by atoms with Crippen LogP contribution in [0.4, 0.5) is 0 Å². The molecule has 3 aromatic carbocycles. The van der Waals surface area contributed by atoms with E-state index in [4.69, 9.17) is 26.4 Å². The molecular formula is C23H21Br2N3O5S. The molecule has 0 bridgehead atoms. The number of nitrogens with one attached hydrogen (secondary N) is 3. The van der Waals surface area contributed by atoms with Gasteiger partial charge in [0.15, 0.2) is 11.7 Å². The van der Waals surface area contributed by atoms with E-state index in [-0.39, 0.29) is 11.7 Å². The van der Waals surface area contributed by atoms with Crippen LogP contribution in [0.25, 0.3) is 10.8 Å². The molecule has 3 N–H and O–H groups in total. The predicted octanol–water partition coefficient (Wildman–Crippen LogP) is 4.10. The van der Waals surface area contributed by atoms with E-state index in [1.807, 2.05) is 24.3 Å². The predicted molar refractivity (Wildman–Crippen MR) is 140 cm³/mol. The number of ether oxygens (including phenoxy) is 3. The van der Waals surface area contributed by atoms with E-state index in [2.05, 4.69) is 48.0 Å². The number of amides is 2. The molecule has 2 amide bonds. The van der Waals surface area contributed by atoms with E-state index in [1.54, 1.807) is 37.4 Å². The number of fused-ring (bicyclic) bond motifs is 1. The van der Waals surface area contributed by atoms with Gasteiger partial charge in [-0.05, 0) is 81.4 Å². The zero-order valence-corrected chi connectivity index (χ0v) is 22.0. The minimum atomic E-state index is -0.475. The highest BCUT2D eigenvalue weighted by atomic mass is 79.9. The topological polar surface area (TPSA) is 97.9 Å². The van der Waals surface area contributed by atoms with Gasteiger partial charge >= 0.3 is 0 Å². The number of thiocarbonyl (C=S) groups is 1. The molecule has 0 saturated heterocycles. The largest absolute Gasteiger partial charge is 0.491 e. The Bertz CT molecular complexity index is 1190. The molecule has 0 unspecified atom stereocenters. The molecule has 3 rings (SSSR count). The number of benzene rings is 3. The fraction of sp³-hybridized carbons (Fsp3) is 0.174. The molecule has 0 aliphatic rings. The lowest BCUT2D eigenvalue weighted by Crippen LogP contribution is -2.49. The van der Waals surface area contributed by atoms with Crippen LogP contribution >= 0.6 is 44.1 Å². The highest BCUT2D eigenvalue weighted by Gasteiger charge is 2.11. The maximum Gasteiger partial charge on any atom is 0.276 e. The van der Waals surface area contributed by atoms with Crippen molar-refractivity contribution >= 4 is 71.8 Å². The summed E-state index contributed by atoms with van der Waals surface area (Å²) in [5.74, 6) is 0.234. The zero-order valence-electron chi connectivity index (χ0n) is 18.0. The van der Waals surface area contributed by atoms with E-state index < -0.39 is 11.8 Å². The number of rotatable bonds is 8. The highest BCUT2D eigenvalue weighted by molar-refractivity contribution is 9.11. The minimum Gasteiger partial charge on any atom is -0.491 e. The van der Waals surface area contributed by atoms with Crippen LogP contribution in [0.3, 0.4) is 0 Å². The van der Waals surface area contributed by atoms with Crippen molar-refractivity contribution in [1.29, 1.82) is 0 Å². The summed E-state index contributed by atoms with van der Waals surface area (Å²) in [4.78, 5) is 24.4. The van der Waals surface area contributed by atoms with Gasteiger partial charge in [0.05, 0.1) is 11.1 Å². The fourth-order valence-corrected chi connectivity index (χ4v) is 3.94. The number of halogens is 2. The number of carbonyl (C=O) groups is 2. The molecule has 0 heterocycles. The Morgan fingerprint density at radius 3 is 2.44 bits per heavy atom. The van der Waals surface area contributed by atoms with Crippen molar-refractivity contribution in [3.63, 3.8) is 0 Å². The van der Waals surface area contributed by atoms with Gasteiger partial charge in [-0.15, -0.1) is 0 Å². The van der Waals surface area contributed by atoms with Crippen molar-refractivity contribution in [2.45, 2.75) is 0 Å². The van der Waals surface area contributed by atoms with Gasteiger partial charge in [0.1, 0.15) is 18.1 Å². The van der Waals surface area contributed by atoms with Crippen LogP contribution in [0, 0.1) is 0 Å². The SMILES string of the molecule is COCCOc1ccc(C(=O)NC(=S)NNC(=O)COc2ccc3cc(Br)ccc3c2Br)cc1. The summed E-state index contributed by atoms with van der Waals surface area (Å²) < 4.78 is 17.7. The summed E-state index contributed by atoms with van der Waals surface area (Å²) in [6.45, 7) is 0.626. The van der Waals surface area contributed by atoms with Gasteiger partial charge in [-0.1, -0.05) is 28.1 Å². The molecule has 0 radical (unpaired) electrons. The minimum absolute atomic E-state index is 0.0590. The molecule has 0 aromatic heterocycles. The monoisotopic (exact) mass is 609 g/mol. The van der Waals surface area contributed by atoms with Gasteiger partial charge in [-0.3, -0.25) is 25.8 Å². The number of hydrazine groups is 1. The zero-order chi connectivity index (χ0) is 24.5. The Kier molecular flexibility index (Phi) is 9.63. The molecule has 178 valence electrons. The van der Waals surface area contributed by atoms with E-state index in [1.165, 1.54) is 0 Å².